The second-order valence-electron chi connectivity index (χ2n) is 6.56. The third kappa shape index (κ3) is 5.43. The molecule has 0 fully saturated rings. The molecule has 1 heterocycles. The molecule has 2 aromatic carbocycles. The number of aryl methyl sites for hydroxylation is 1. The number of ether oxygens (including phenoxy) is 2. The third-order valence-corrected chi connectivity index (χ3v) is 4.20. The van der Waals surface area contributed by atoms with E-state index in [0.717, 1.165) is 0 Å². The smallest absolute Gasteiger partial charge is 0.401 e. The van der Waals surface area contributed by atoms with Crippen molar-refractivity contribution < 1.29 is 36.2 Å². The molecule has 0 atom stereocenters. The van der Waals surface area contributed by atoms with Gasteiger partial charge in [-0.2, -0.15) is 26.9 Å². The molecule has 1 aliphatic rings. The normalized spacial score (nSPS) is 15.7. The van der Waals surface area contributed by atoms with Crippen LogP contribution in [0.5, 0.6) is 0 Å². The van der Waals surface area contributed by atoms with Crippen LogP contribution in [-0.4, -0.2) is 36.4 Å². The number of hydrazone groups is 1. The maximum atomic E-state index is 13.0. The van der Waals surface area contributed by atoms with Crippen LogP contribution in [-0.2, 0) is 20.9 Å². The molecule has 0 saturated carbocycles. The van der Waals surface area contributed by atoms with Gasteiger partial charge >= 0.3 is 18.1 Å². The summed E-state index contributed by atoms with van der Waals surface area (Å²) in [6, 6.07) is 13.3. The van der Waals surface area contributed by atoms with Crippen molar-refractivity contribution in [3.63, 3.8) is 0 Å². The Balaban J connectivity index is 1.66. The van der Waals surface area contributed by atoms with E-state index in [1.54, 1.807) is 49.4 Å². The van der Waals surface area contributed by atoms with E-state index in [9.17, 15) is 26.7 Å². The van der Waals surface area contributed by atoms with Crippen LogP contribution >= 0.6 is 0 Å². The zero-order valence-corrected chi connectivity index (χ0v) is 16.0. The number of hydrogen-bond donors (Lipinski definition) is 1. The average molecular weight is 441 g/mol. The molecule has 0 radical (unpaired) electrons. The summed E-state index contributed by atoms with van der Waals surface area (Å²) in [5.74, 6) is -5.85. The standard InChI is InChI=1S/C20H16F5N3O3/c1-12-7-8-15(9-14(12)10-30-11-19(21,22)20(23,24)25)27-28-16-18(29)31-17(26-16)13-5-3-2-4-6-13/h2-9,27H,10-11H2,1H3/b28-16+. The number of carbonyl (C=O) groups is 1. The number of nitrogens with zero attached hydrogens (tertiary/aromatic N) is 2. The number of nitrogens with one attached hydrogen (secondary N) is 1. The molecule has 0 bridgehead atoms. The van der Waals surface area contributed by atoms with Crippen LogP contribution in [0.2, 0.25) is 0 Å². The van der Waals surface area contributed by atoms with Gasteiger partial charge in [-0.25, -0.2) is 4.79 Å². The number of esters is 1. The molecule has 6 nitrogen and oxygen atoms in total. The zero-order valence-electron chi connectivity index (χ0n) is 16.0. The minimum atomic E-state index is -5.68. The topological polar surface area (TPSA) is 72.3 Å². The molecule has 0 unspecified atom stereocenters. The van der Waals surface area contributed by atoms with E-state index in [-0.39, 0.29) is 11.7 Å². The van der Waals surface area contributed by atoms with Gasteiger partial charge < -0.3 is 9.47 Å². The lowest BCUT2D eigenvalue weighted by Gasteiger charge is -2.19. The summed E-state index contributed by atoms with van der Waals surface area (Å²) >= 11 is 0. The first kappa shape index (κ1) is 22.3. The number of cyclic esters (lactones) is 1. The van der Waals surface area contributed by atoms with Crippen molar-refractivity contribution in [1.29, 1.82) is 0 Å². The lowest BCUT2D eigenvalue weighted by Crippen LogP contribution is -2.40. The lowest BCUT2D eigenvalue weighted by atomic mass is 10.1. The Kier molecular flexibility index (Phi) is 6.34. The first-order valence-electron chi connectivity index (χ1n) is 8.88. The highest BCUT2D eigenvalue weighted by Crippen LogP contribution is 2.35. The Bertz CT molecular complexity index is 1020. The van der Waals surface area contributed by atoms with Crippen molar-refractivity contribution in [2.24, 2.45) is 10.1 Å². The van der Waals surface area contributed by atoms with Gasteiger partial charge in [-0.15, -0.1) is 5.10 Å². The minimum Gasteiger partial charge on any atom is -0.401 e. The monoisotopic (exact) mass is 441 g/mol. The summed E-state index contributed by atoms with van der Waals surface area (Å²) in [7, 11) is 0. The number of amidine groups is 1. The highest BCUT2D eigenvalue weighted by Gasteiger charge is 2.57. The molecule has 11 heteroatoms. The number of aliphatic imine (C=N–C) groups is 1. The van der Waals surface area contributed by atoms with Crippen LogP contribution in [0.1, 0.15) is 16.7 Å². The predicted octanol–water partition coefficient (Wildman–Crippen LogP) is 4.44. The van der Waals surface area contributed by atoms with Crippen molar-refractivity contribution >= 4 is 23.4 Å². The fraction of sp³-hybridized carbons (Fsp3) is 0.250. The Labute approximate surface area is 173 Å². The maximum Gasteiger partial charge on any atom is 0.455 e. The lowest BCUT2D eigenvalue weighted by molar-refractivity contribution is -0.297. The Morgan fingerprint density at radius 3 is 2.48 bits per heavy atom. The average Bonchev–Trinajstić information content (AvgIpc) is 3.09. The molecular formula is C20H16F5N3O3. The predicted molar refractivity (Wildman–Crippen MR) is 102 cm³/mol. The van der Waals surface area contributed by atoms with Crippen molar-refractivity contribution in [2.75, 3.05) is 12.0 Å². The van der Waals surface area contributed by atoms with Gasteiger partial charge in [0.05, 0.1) is 12.3 Å². The molecule has 3 rings (SSSR count). The largest absolute Gasteiger partial charge is 0.455 e. The Morgan fingerprint density at radius 2 is 1.81 bits per heavy atom. The highest BCUT2D eigenvalue weighted by molar-refractivity contribution is 6.43. The van der Waals surface area contributed by atoms with Crippen LogP contribution in [0, 0.1) is 6.92 Å². The van der Waals surface area contributed by atoms with E-state index in [1.165, 1.54) is 6.07 Å². The van der Waals surface area contributed by atoms with Gasteiger partial charge in [0.2, 0.25) is 5.90 Å². The molecule has 0 aromatic heterocycles. The second kappa shape index (κ2) is 8.80. The van der Waals surface area contributed by atoms with Gasteiger partial charge in [-0.3, -0.25) is 5.43 Å². The number of carbonyl (C=O) groups excluding carboxylic acids is 1. The first-order valence-corrected chi connectivity index (χ1v) is 8.88. The molecule has 0 amide bonds. The van der Waals surface area contributed by atoms with Gasteiger partial charge in [0.1, 0.15) is 6.61 Å². The van der Waals surface area contributed by atoms with E-state index in [1.807, 2.05) is 0 Å². The first-order chi connectivity index (χ1) is 14.6. The zero-order chi connectivity index (χ0) is 22.6. The molecule has 1 aliphatic heterocycles. The van der Waals surface area contributed by atoms with Gasteiger partial charge in [-0.1, -0.05) is 24.3 Å². The number of halogens is 5. The number of hydrogen-bond acceptors (Lipinski definition) is 5. The summed E-state index contributed by atoms with van der Waals surface area (Å²) in [4.78, 5) is 15.9. The molecule has 0 aliphatic carbocycles. The summed E-state index contributed by atoms with van der Waals surface area (Å²) < 4.78 is 72.2. The van der Waals surface area contributed by atoms with Gasteiger partial charge in [-0.05, 0) is 42.3 Å². The van der Waals surface area contributed by atoms with Crippen LogP contribution in [0.25, 0.3) is 0 Å². The number of rotatable bonds is 7. The van der Waals surface area contributed by atoms with E-state index >= 15 is 0 Å². The van der Waals surface area contributed by atoms with E-state index < -0.39 is 31.3 Å². The molecule has 164 valence electrons. The molecule has 0 saturated heterocycles. The molecule has 31 heavy (non-hydrogen) atoms. The SMILES string of the molecule is Cc1ccc(N/N=C2/N=C(c3ccccc3)OC2=O)cc1COCC(F)(F)C(F)(F)F. The van der Waals surface area contributed by atoms with Gasteiger partial charge in [0, 0.05) is 5.56 Å². The third-order valence-electron chi connectivity index (χ3n) is 4.20. The Hall–Kier alpha value is -3.34. The fourth-order valence-electron chi connectivity index (χ4n) is 2.46. The summed E-state index contributed by atoms with van der Waals surface area (Å²) in [6.45, 7) is -0.623. The van der Waals surface area contributed by atoms with Crippen molar-refractivity contribution in [3.8, 4) is 0 Å². The van der Waals surface area contributed by atoms with Crippen LogP contribution in [0.15, 0.2) is 58.6 Å². The summed E-state index contributed by atoms with van der Waals surface area (Å²) in [5, 5.41) is 3.87. The quantitative estimate of drug-likeness (QED) is 0.392. The van der Waals surface area contributed by atoms with Crippen molar-refractivity contribution in [1.82, 2.24) is 0 Å². The fourth-order valence-corrected chi connectivity index (χ4v) is 2.46. The maximum absolute atomic E-state index is 13.0. The number of anilines is 1. The molecule has 2 aromatic rings. The molecular weight excluding hydrogens is 425 g/mol. The van der Waals surface area contributed by atoms with Crippen LogP contribution < -0.4 is 5.43 Å². The number of benzene rings is 2. The van der Waals surface area contributed by atoms with E-state index in [4.69, 9.17) is 4.74 Å². The van der Waals surface area contributed by atoms with Crippen molar-refractivity contribution in [3.05, 3.63) is 65.2 Å². The highest BCUT2D eigenvalue weighted by atomic mass is 19.4. The molecule has 1 N–H and O–H groups in total. The van der Waals surface area contributed by atoms with Gasteiger partial charge in [0.25, 0.3) is 5.84 Å². The Morgan fingerprint density at radius 1 is 1.10 bits per heavy atom. The van der Waals surface area contributed by atoms with E-state index in [0.29, 0.717) is 22.4 Å². The second-order valence-corrected chi connectivity index (χ2v) is 6.56. The van der Waals surface area contributed by atoms with Crippen molar-refractivity contribution in [2.45, 2.75) is 25.6 Å². The summed E-state index contributed by atoms with van der Waals surface area (Å²) in [5.41, 5.74) is 4.49. The minimum absolute atomic E-state index is 0.0924. The summed E-state index contributed by atoms with van der Waals surface area (Å²) in [6.07, 6.45) is -5.68. The van der Waals surface area contributed by atoms with Gasteiger partial charge in [0.15, 0.2) is 0 Å². The van der Waals surface area contributed by atoms with E-state index in [2.05, 4.69) is 20.3 Å². The van der Waals surface area contributed by atoms with Crippen LogP contribution in [0.3, 0.4) is 0 Å². The number of alkyl halides is 5. The van der Waals surface area contributed by atoms with Crippen LogP contribution in [0.4, 0.5) is 27.6 Å². The molecule has 0 spiro atoms.